The molecule has 2 heterocycles. The van der Waals surface area contributed by atoms with E-state index in [0.717, 1.165) is 25.9 Å². The predicted octanol–water partition coefficient (Wildman–Crippen LogP) is 1.38. The Kier molecular flexibility index (Phi) is 4.96. The second-order valence-electron chi connectivity index (χ2n) is 5.24. The summed E-state index contributed by atoms with van der Waals surface area (Å²) in [6.07, 6.45) is 9.02. The van der Waals surface area contributed by atoms with Gasteiger partial charge in [0.05, 0.1) is 19.7 Å². The molecule has 0 amide bonds. The number of aromatic nitrogens is 2. The summed E-state index contributed by atoms with van der Waals surface area (Å²) in [7, 11) is 3.40. The van der Waals surface area contributed by atoms with Gasteiger partial charge in [-0.2, -0.15) is 5.10 Å². The summed E-state index contributed by atoms with van der Waals surface area (Å²) in [6, 6.07) is 0.345. The third kappa shape index (κ3) is 4.06. The van der Waals surface area contributed by atoms with Gasteiger partial charge >= 0.3 is 5.97 Å². The lowest BCUT2D eigenvalue weighted by molar-refractivity contribution is -0.142. The lowest BCUT2D eigenvalue weighted by Gasteiger charge is -2.35. The second kappa shape index (κ2) is 6.70. The van der Waals surface area contributed by atoms with E-state index in [9.17, 15) is 4.79 Å². The van der Waals surface area contributed by atoms with Crippen LogP contribution in [0.4, 0.5) is 0 Å². The Morgan fingerprint density at radius 1 is 1.53 bits per heavy atom. The van der Waals surface area contributed by atoms with Crippen LogP contribution in [0.15, 0.2) is 12.4 Å². The minimum absolute atomic E-state index is 0.0988. The zero-order valence-corrected chi connectivity index (χ0v) is 11.8. The van der Waals surface area contributed by atoms with Crippen LogP contribution in [0.3, 0.4) is 0 Å². The molecular formula is C14H23N3O2. The van der Waals surface area contributed by atoms with Gasteiger partial charge in [0.15, 0.2) is 0 Å². The van der Waals surface area contributed by atoms with Gasteiger partial charge in [-0.1, -0.05) is 6.42 Å². The van der Waals surface area contributed by atoms with Gasteiger partial charge in [0, 0.05) is 25.8 Å². The van der Waals surface area contributed by atoms with Crippen LogP contribution in [-0.4, -0.2) is 46.9 Å². The fraction of sp³-hybridized carbons (Fsp3) is 0.714. The van der Waals surface area contributed by atoms with Crippen molar-refractivity contribution in [1.29, 1.82) is 0 Å². The lowest BCUT2D eigenvalue weighted by atomic mass is 9.99. The lowest BCUT2D eigenvalue weighted by Crippen LogP contribution is -2.42. The summed E-state index contributed by atoms with van der Waals surface area (Å²) in [6.45, 7) is 2.08. The maximum Gasteiger partial charge on any atom is 0.307 e. The van der Waals surface area contributed by atoms with Crippen molar-refractivity contribution in [1.82, 2.24) is 14.7 Å². The summed E-state index contributed by atoms with van der Waals surface area (Å²) < 4.78 is 6.62. The number of hydrogen-bond donors (Lipinski definition) is 0. The Morgan fingerprint density at radius 2 is 2.37 bits per heavy atom. The predicted molar refractivity (Wildman–Crippen MR) is 72.8 cm³/mol. The number of rotatable bonds is 5. The maximum atomic E-state index is 11.4. The molecule has 1 saturated heterocycles. The first kappa shape index (κ1) is 14.1. The Bertz CT molecular complexity index is 417. The number of likely N-dealkylation sites (tertiary alicyclic amines) is 1. The highest BCUT2D eigenvalue weighted by atomic mass is 16.5. The standard InChI is InChI=1S/C14H23N3O2/c1-16-11-12(10-15-16)6-8-17-7-4-3-5-13(17)9-14(18)19-2/h10-11,13H,3-9H2,1-2H3. The molecule has 1 aliphatic rings. The number of hydrogen-bond acceptors (Lipinski definition) is 4. The van der Waals surface area contributed by atoms with E-state index in [1.165, 1.54) is 25.5 Å². The van der Waals surface area contributed by atoms with Crippen molar-refractivity contribution in [2.45, 2.75) is 38.1 Å². The molecule has 1 aromatic heterocycles. The SMILES string of the molecule is COC(=O)CC1CCCCN1CCc1cnn(C)c1. The number of piperidine rings is 1. The van der Waals surface area contributed by atoms with Crippen molar-refractivity contribution in [3.63, 3.8) is 0 Å². The van der Waals surface area contributed by atoms with E-state index in [2.05, 4.69) is 16.2 Å². The average Bonchev–Trinajstić information content (AvgIpc) is 2.83. The van der Waals surface area contributed by atoms with Crippen molar-refractivity contribution in [3.05, 3.63) is 18.0 Å². The number of nitrogens with zero attached hydrogens (tertiary/aromatic N) is 3. The molecule has 1 unspecified atom stereocenters. The number of carbonyl (C=O) groups is 1. The molecule has 0 aliphatic carbocycles. The molecule has 0 spiro atoms. The molecule has 0 bridgehead atoms. The van der Waals surface area contributed by atoms with E-state index in [-0.39, 0.29) is 5.97 Å². The van der Waals surface area contributed by atoms with Crippen LogP contribution < -0.4 is 0 Å². The van der Waals surface area contributed by atoms with Crippen molar-refractivity contribution >= 4 is 5.97 Å². The van der Waals surface area contributed by atoms with E-state index in [4.69, 9.17) is 4.74 Å². The van der Waals surface area contributed by atoms with E-state index in [1.807, 2.05) is 17.9 Å². The normalized spacial score (nSPS) is 20.4. The molecule has 5 heteroatoms. The number of aryl methyl sites for hydroxylation is 1. The Morgan fingerprint density at radius 3 is 3.05 bits per heavy atom. The topological polar surface area (TPSA) is 47.4 Å². The molecular weight excluding hydrogens is 242 g/mol. The highest BCUT2D eigenvalue weighted by molar-refractivity contribution is 5.69. The fourth-order valence-corrected chi connectivity index (χ4v) is 2.73. The zero-order chi connectivity index (χ0) is 13.7. The first-order chi connectivity index (χ1) is 9.19. The summed E-state index contributed by atoms with van der Waals surface area (Å²) in [5.41, 5.74) is 1.25. The van der Waals surface area contributed by atoms with Crippen molar-refractivity contribution in [2.75, 3.05) is 20.2 Å². The molecule has 2 rings (SSSR count). The number of carbonyl (C=O) groups excluding carboxylic acids is 1. The fourth-order valence-electron chi connectivity index (χ4n) is 2.73. The minimum Gasteiger partial charge on any atom is -0.469 e. The molecule has 0 radical (unpaired) electrons. The molecule has 0 aromatic carbocycles. The number of ether oxygens (including phenoxy) is 1. The van der Waals surface area contributed by atoms with Crippen LogP contribution in [-0.2, 0) is 23.0 Å². The molecule has 1 atom stereocenters. The molecule has 0 N–H and O–H groups in total. The molecule has 5 nitrogen and oxygen atoms in total. The maximum absolute atomic E-state index is 11.4. The van der Waals surface area contributed by atoms with Gasteiger partial charge in [0.2, 0.25) is 0 Å². The molecule has 1 aromatic rings. The summed E-state index contributed by atoms with van der Waals surface area (Å²) in [5.74, 6) is -0.0988. The molecule has 106 valence electrons. The van der Waals surface area contributed by atoms with Crippen LogP contribution >= 0.6 is 0 Å². The third-order valence-corrected chi connectivity index (χ3v) is 3.83. The summed E-state index contributed by atoms with van der Waals surface area (Å²) in [4.78, 5) is 13.9. The van der Waals surface area contributed by atoms with E-state index in [1.54, 1.807) is 0 Å². The Balaban J connectivity index is 1.86. The van der Waals surface area contributed by atoms with E-state index in [0.29, 0.717) is 12.5 Å². The first-order valence-corrected chi connectivity index (χ1v) is 6.97. The van der Waals surface area contributed by atoms with Crippen LogP contribution in [0.25, 0.3) is 0 Å². The van der Waals surface area contributed by atoms with Crippen molar-refractivity contribution < 1.29 is 9.53 Å². The second-order valence-corrected chi connectivity index (χ2v) is 5.24. The molecule has 1 aliphatic heterocycles. The molecule has 0 saturated carbocycles. The highest BCUT2D eigenvalue weighted by Crippen LogP contribution is 2.20. The number of methoxy groups -OCH3 is 1. The van der Waals surface area contributed by atoms with Gasteiger partial charge in [-0.15, -0.1) is 0 Å². The smallest absolute Gasteiger partial charge is 0.307 e. The van der Waals surface area contributed by atoms with Gasteiger partial charge in [-0.25, -0.2) is 0 Å². The molecule has 19 heavy (non-hydrogen) atoms. The van der Waals surface area contributed by atoms with Crippen LogP contribution in [0.5, 0.6) is 0 Å². The number of esters is 1. The van der Waals surface area contributed by atoms with E-state index >= 15 is 0 Å². The zero-order valence-electron chi connectivity index (χ0n) is 11.8. The van der Waals surface area contributed by atoms with Gasteiger partial charge in [0.1, 0.15) is 0 Å². The van der Waals surface area contributed by atoms with Crippen LogP contribution in [0.2, 0.25) is 0 Å². The quantitative estimate of drug-likeness (QED) is 0.755. The first-order valence-electron chi connectivity index (χ1n) is 6.97. The molecule has 1 fully saturated rings. The average molecular weight is 265 g/mol. The van der Waals surface area contributed by atoms with Crippen molar-refractivity contribution in [3.8, 4) is 0 Å². The van der Waals surface area contributed by atoms with Crippen LogP contribution in [0.1, 0.15) is 31.2 Å². The van der Waals surface area contributed by atoms with Gasteiger partial charge in [0.25, 0.3) is 0 Å². The van der Waals surface area contributed by atoms with Gasteiger partial charge < -0.3 is 4.74 Å². The van der Waals surface area contributed by atoms with Gasteiger partial charge in [-0.3, -0.25) is 14.4 Å². The van der Waals surface area contributed by atoms with Crippen molar-refractivity contribution in [2.24, 2.45) is 7.05 Å². The minimum atomic E-state index is -0.0988. The summed E-state index contributed by atoms with van der Waals surface area (Å²) >= 11 is 0. The van der Waals surface area contributed by atoms with Crippen LogP contribution in [0, 0.1) is 0 Å². The summed E-state index contributed by atoms with van der Waals surface area (Å²) in [5, 5.41) is 4.19. The Labute approximate surface area is 114 Å². The largest absolute Gasteiger partial charge is 0.469 e. The Hall–Kier alpha value is -1.36. The van der Waals surface area contributed by atoms with E-state index < -0.39 is 0 Å². The monoisotopic (exact) mass is 265 g/mol. The highest BCUT2D eigenvalue weighted by Gasteiger charge is 2.24. The van der Waals surface area contributed by atoms with Gasteiger partial charge in [-0.05, 0) is 31.4 Å². The third-order valence-electron chi connectivity index (χ3n) is 3.83.